The Bertz CT molecular complexity index is 1450. The summed E-state index contributed by atoms with van der Waals surface area (Å²) in [5.41, 5.74) is 0. The number of unbranched alkanes of at least 4 members (excludes halogenated alkanes) is 28. The fourth-order valence-electron chi connectivity index (χ4n) is 8.15. The van der Waals surface area contributed by atoms with Crippen molar-refractivity contribution in [2.45, 2.75) is 264 Å². The number of rotatable bonds is 54. The molecule has 0 aromatic rings. The van der Waals surface area contributed by atoms with Crippen molar-refractivity contribution in [3.05, 3.63) is 72.9 Å². The Morgan fingerprint density at radius 3 is 1.18 bits per heavy atom. The maximum absolute atomic E-state index is 12.8. The molecule has 0 spiro atoms. The van der Waals surface area contributed by atoms with E-state index in [-0.39, 0.29) is 26.1 Å². The van der Waals surface area contributed by atoms with Crippen LogP contribution < -0.4 is 4.89 Å². The fraction of sp³-hybridized carbons (Fsp3) is 0.774. The molecule has 0 radical (unpaired) electrons. The molecule has 0 aliphatic heterocycles. The molecule has 0 heterocycles. The number of quaternary nitrogens is 1. The van der Waals surface area contributed by atoms with Gasteiger partial charge in [0, 0.05) is 12.8 Å². The minimum atomic E-state index is -4.64. The first-order valence-electron chi connectivity index (χ1n) is 29.6. The first kappa shape index (κ1) is 69.5. The minimum absolute atomic E-state index is 0.0339. The van der Waals surface area contributed by atoms with E-state index < -0.39 is 32.5 Å². The smallest absolute Gasteiger partial charge is 0.306 e. The summed E-state index contributed by atoms with van der Waals surface area (Å²) < 4.78 is 34.1. The van der Waals surface area contributed by atoms with Gasteiger partial charge in [-0.2, -0.15) is 0 Å². The molecule has 0 aliphatic rings. The summed E-state index contributed by atoms with van der Waals surface area (Å²) in [6, 6.07) is 0. The number of nitrogens with zero attached hydrogens (tertiary/aromatic N) is 1. The molecule has 0 aromatic carbocycles. The molecule has 418 valence electrons. The van der Waals surface area contributed by atoms with E-state index in [9.17, 15) is 19.0 Å². The van der Waals surface area contributed by atoms with Crippen LogP contribution in [0.15, 0.2) is 72.9 Å². The van der Waals surface area contributed by atoms with Gasteiger partial charge in [-0.3, -0.25) is 14.2 Å². The van der Waals surface area contributed by atoms with Gasteiger partial charge in [0.2, 0.25) is 0 Å². The zero-order chi connectivity index (χ0) is 52.7. The van der Waals surface area contributed by atoms with Crippen molar-refractivity contribution < 1.29 is 42.1 Å². The maximum atomic E-state index is 12.8. The molecule has 72 heavy (non-hydrogen) atoms. The van der Waals surface area contributed by atoms with Crippen molar-refractivity contribution in [2.75, 3.05) is 47.5 Å². The van der Waals surface area contributed by atoms with Gasteiger partial charge in [0.1, 0.15) is 19.8 Å². The summed E-state index contributed by atoms with van der Waals surface area (Å²) in [6.07, 6.45) is 69.6. The summed E-state index contributed by atoms with van der Waals surface area (Å²) >= 11 is 0. The number of phosphoric ester groups is 1. The Labute approximate surface area is 444 Å². The average Bonchev–Trinajstić information content (AvgIpc) is 3.34. The number of hydrogen-bond acceptors (Lipinski definition) is 8. The Kier molecular flexibility index (Phi) is 51.4. The van der Waals surface area contributed by atoms with Crippen molar-refractivity contribution in [3.63, 3.8) is 0 Å². The van der Waals surface area contributed by atoms with Crippen molar-refractivity contribution in [1.29, 1.82) is 0 Å². The highest BCUT2D eigenvalue weighted by Crippen LogP contribution is 2.38. The van der Waals surface area contributed by atoms with Crippen LogP contribution in [0.4, 0.5) is 0 Å². The number of likely N-dealkylation sites (N-methyl/N-ethyl adjacent to an activating group) is 1. The number of esters is 2. The van der Waals surface area contributed by atoms with Gasteiger partial charge < -0.3 is 27.9 Å². The van der Waals surface area contributed by atoms with Crippen LogP contribution in [0.3, 0.4) is 0 Å². The number of carbonyl (C=O) groups is 2. The second-order valence-electron chi connectivity index (χ2n) is 21.0. The number of allylic oxidation sites excluding steroid dienone is 12. The van der Waals surface area contributed by atoms with E-state index >= 15 is 0 Å². The molecule has 10 heteroatoms. The summed E-state index contributed by atoms with van der Waals surface area (Å²) in [7, 11) is 1.16. The molecule has 0 aromatic heterocycles. The molecule has 2 atom stereocenters. The minimum Gasteiger partial charge on any atom is -0.756 e. The second kappa shape index (κ2) is 53.3. The van der Waals surface area contributed by atoms with E-state index in [1.807, 2.05) is 21.1 Å². The largest absolute Gasteiger partial charge is 0.756 e. The highest BCUT2D eigenvalue weighted by molar-refractivity contribution is 7.45. The Hall–Kier alpha value is -2.55. The summed E-state index contributed by atoms with van der Waals surface area (Å²) in [6.45, 7) is 4.10. The first-order valence-corrected chi connectivity index (χ1v) is 31.1. The molecule has 0 saturated heterocycles. The second-order valence-corrected chi connectivity index (χ2v) is 22.4. The van der Waals surface area contributed by atoms with Crippen LogP contribution in [0.25, 0.3) is 0 Å². The molecule has 0 N–H and O–H groups in total. The quantitative estimate of drug-likeness (QED) is 0.0195. The lowest BCUT2D eigenvalue weighted by molar-refractivity contribution is -0.870. The number of hydrogen-bond donors (Lipinski definition) is 0. The number of phosphoric acid groups is 1. The molecule has 0 amide bonds. The van der Waals surface area contributed by atoms with Gasteiger partial charge in [-0.1, -0.05) is 234 Å². The normalized spacial score (nSPS) is 13.8. The monoisotopic (exact) mass is 1030 g/mol. The van der Waals surface area contributed by atoms with Crippen LogP contribution in [-0.2, 0) is 32.7 Å². The molecule has 9 nitrogen and oxygen atoms in total. The molecule has 0 saturated carbocycles. The van der Waals surface area contributed by atoms with Crippen LogP contribution in [0.5, 0.6) is 0 Å². The predicted molar refractivity (Wildman–Crippen MR) is 305 cm³/mol. The molecule has 0 aliphatic carbocycles. The molecule has 0 rings (SSSR count). The van der Waals surface area contributed by atoms with E-state index in [1.54, 1.807) is 0 Å². The van der Waals surface area contributed by atoms with Crippen molar-refractivity contribution in [2.24, 2.45) is 0 Å². The lowest BCUT2D eigenvalue weighted by Gasteiger charge is -2.28. The number of ether oxygens (including phenoxy) is 2. The van der Waals surface area contributed by atoms with E-state index in [1.165, 1.54) is 135 Å². The summed E-state index contributed by atoms with van der Waals surface area (Å²) in [4.78, 5) is 37.8. The third kappa shape index (κ3) is 56.7. The van der Waals surface area contributed by atoms with Gasteiger partial charge in [0.25, 0.3) is 7.82 Å². The Morgan fingerprint density at radius 2 is 0.792 bits per heavy atom. The zero-order valence-electron chi connectivity index (χ0n) is 47.4. The fourth-order valence-corrected chi connectivity index (χ4v) is 8.88. The summed E-state index contributed by atoms with van der Waals surface area (Å²) in [5.74, 6) is -0.843. The molecule has 2 unspecified atom stereocenters. The third-order valence-corrected chi connectivity index (χ3v) is 13.7. The molecular formula is C62H112NO8P. The van der Waals surface area contributed by atoms with E-state index in [0.29, 0.717) is 23.9 Å². The van der Waals surface area contributed by atoms with E-state index in [0.717, 1.165) is 83.5 Å². The highest BCUT2D eigenvalue weighted by Gasteiger charge is 2.22. The lowest BCUT2D eigenvalue weighted by Crippen LogP contribution is -2.37. The third-order valence-electron chi connectivity index (χ3n) is 12.7. The van der Waals surface area contributed by atoms with Crippen molar-refractivity contribution >= 4 is 19.8 Å². The van der Waals surface area contributed by atoms with Crippen LogP contribution in [-0.4, -0.2) is 70.0 Å². The van der Waals surface area contributed by atoms with Gasteiger partial charge in [-0.05, 0) is 83.5 Å². The number of carbonyl (C=O) groups excluding carboxylic acids is 2. The van der Waals surface area contributed by atoms with Gasteiger partial charge in [0.05, 0.1) is 27.7 Å². The lowest BCUT2D eigenvalue weighted by atomic mass is 10.0. The average molecular weight is 1030 g/mol. The molecule has 0 bridgehead atoms. The van der Waals surface area contributed by atoms with Crippen molar-refractivity contribution in [3.8, 4) is 0 Å². The van der Waals surface area contributed by atoms with Crippen LogP contribution >= 0.6 is 7.82 Å². The predicted octanol–water partition coefficient (Wildman–Crippen LogP) is 17.8. The maximum Gasteiger partial charge on any atom is 0.306 e. The Morgan fingerprint density at radius 1 is 0.444 bits per heavy atom. The first-order chi connectivity index (χ1) is 35.0. The van der Waals surface area contributed by atoms with E-state index in [2.05, 4.69) is 86.8 Å². The SMILES string of the molecule is CC/C=C\C/C=C\C/C=C\C/C=C\CCCCCCCCCCCCCCCCCCCCCCC(=O)OC(COC(=O)CCCCCCC/C=C\C/C=C\CCCCC)COP(=O)([O-])OCC[N+](C)(C)C. The standard InChI is InChI=1S/C62H112NO8P/c1-6-8-10-12-14-16-18-20-22-23-24-25-26-27-28-29-30-31-32-33-34-35-36-37-38-39-41-43-45-47-49-51-53-55-62(65)71-60(59-70-72(66,67)69-57-56-63(3,4)5)58-68-61(64)54-52-50-48-46-44-42-40-21-19-17-15-13-11-9-7-2/h8,10,14-17,20-22,24-25,40,60H,6-7,9,11-13,18-19,23,26-39,41-59H2,1-5H3/b10-8-,16-14-,17-15-,22-20-,25-24-,40-21-. The topological polar surface area (TPSA) is 111 Å². The van der Waals surface area contributed by atoms with Crippen LogP contribution in [0.2, 0.25) is 0 Å². The van der Waals surface area contributed by atoms with Gasteiger partial charge in [-0.25, -0.2) is 0 Å². The summed E-state index contributed by atoms with van der Waals surface area (Å²) in [5, 5.41) is 0. The van der Waals surface area contributed by atoms with Crippen LogP contribution in [0, 0.1) is 0 Å². The van der Waals surface area contributed by atoms with Gasteiger partial charge in [-0.15, -0.1) is 0 Å². The Balaban J connectivity index is 4.03. The highest BCUT2D eigenvalue weighted by atomic mass is 31.2. The zero-order valence-corrected chi connectivity index (χ0v) is 48.3. The van der Waals surface area contributed by atoms with Gasteiger partial charge >= 0.3 is 11.9 Å². The van der Waals surface area contributed by atoms with E-state index in [4.69, 9.17) is 18.5 Å². The van der Waals surface area contributed by atoms with Gasteiger partial charge in [0.15, 0.2) is 6.10 Å². The molecule has 0 fully saturated rings. The molecular weight excluding hydrogens is 918 g/mol. The van der Waals surface area contributed by atoms with Crippen LogP contribution in [0.1, 0.15) is 258 Å². The van der Waals surface area contributed by atoms with Crippen molar-refractivity contribution in [1.82, 2.24) is 0 Å².